The summed E-state index contributed by atoms with van der Waals surface area (Å²) < 4.78 is 7.76. The van der Waals surface area contributed by atoms with Crippen LogP contribution in [0.4, 0.5) is 0 Å². The Bertz CT molecular complexity index is 1230. The first-order chi connectivity index (χ1) is 15.9. The second kappa shape index (κ2) is 10.5. The zero-order valence-corrected chi connectivity index (χ0v) is 19.8. The molecule has 0 unspecified atom stereocenters. The maximum Gasteiger partial charge on any atom is 0.352 e. The lowest BCUT2D eigenvalue weighted by atomic mass is 10.2. The Morgan fingerprint density at radius 3 is 2.61 bits per heavy atom. The van der Waals surface area contributed by atoms with Crippen LogP contribution in [0.25, 0.3) is 21.5 Å². The minimum Gasteiger partial charge on any atom is -0.477 e. The van der Waals surface area contributed by atoms with Gasteiger partial charge in [-0.3, -0.25) is 5.84 Å². The number of hydrazine groups is 1. The first kappa shape index (κ1) is 23.5. The van der Waals surface area contributed by atoms with Crippen molar-refractivity contribution in [3.05, 3.63) is 64.3 Å². The van der Waals surface area contributed by atoms with Gasteiger partial charge in [-0.15, -0.1) is 11.3 Å². The van der Waals surface area contributed by atoms with Crippen molar-refractivity contribution in [2.75, 3.05) is 32.7 Å². The number of halogens is 1. The average molecular weight is 488 g/mol. The van der Waals surface area contributed by atoms with E-state index in [9.17, 15) is 9.90 Å². The molecule has 0 spiro atoms. The minimum absolute atomic E-state index is 0.222. The van der Waals surface area contributed by atoms with Gasteiger partial charge in [0.05, 0.1) is 15.8 Å². The number of likely N-dealkylation sites (N-methyl/N-ethyl adjacent to an activating group) is 1. The second-order valence-electron chi connectivity index (χ2n) is 7.74. The lowest BCUT2D eigenvalue weighted by Crippen LogP contribution is -2.49. The van der Waals surface area contributed by atoms with E-state index in [2.05, 4.69) is 17.0 Å². The number of para-hydroxylation sites is 1. The van der Waals surface area contributed by atoms with Crippen molar-refractivity contribution in [2.45, 2.75) is 13.5 Å². The summed E-state index contributed by atoms with van der Waals surface area (Å²) in [6.07, 6.45) is 0. The number of fused-ring (bicyclic) bond motifs is 1. The predicted molar refractivity (Wildman–Crippen MR) is 131 cm³/mol. The molecule has 0 saturated carbocycles. The zero-order valence-electron chi connectivity index (χ0n) is 18.3. The van der Waals surface area contributed by atoms with Crippen LogP contribution in [0.2, 0.25) is 4.34 Å². The van der Waals surface area contributed by atoms with Crippen LogP contribution in [0.15, 0.2) is 53.1 Å². The van der Waals surface area contributed by atoms with Gasteiger partial charge in [-0.2, -0.15) is 0 Å². The first-order valence-electron chi connectivity index (χ1n) is 10.7. The molecule has 3 aromatic heterocycles. The molecule has 0 amide bonds. The van der Waals surface area contributed by atoms with Crippen LogP contribution in [0.1, 0.15) is 23.1 Å². The third-order valence-electron chi connectivity index (χ3n) is 5.58. The van der Waals surface area contributed by atoms with Gasteiger partial charge in [0.25, 0.3) is 0 Å². The molecule has 10 heteroatoms. The number of nitrogens with two attached hydrogens (primary N) is 1. The summed E-state index contributed by atoms with van der Waals surface area (Å²) in [6, 6.07) is 14.7. The lowest BCUT2D eigenvalue weighted by molar-refractivity contribution is 0.0686. The Hall–Kier alpha value is -2.69. The van der Waals surface area contributed by atoms with Crippen molar-refractivity contribution in [1.29, 1.82) is 0 Å². The van der Waals surface area contributed by atoms with Crippen LogP contribution < -0.4 is 5.84 Å². The van der Waals surface area contributed by atoms with E-state index in [0.717, 1.165) is 48.5 Å². The Balaban J connectivity index is 0.000000243. The number of nitrogens with zero attached hydrogens (tertiary/aromatic N) is 4. The molecule has 4 aromatic rings. The lowest BCUT2D eigenvalue weighted by Gasteiger charge is -2.30. The number of hydrogen-bond acceptors (Lipinski definition) is 7. The quantitative estimate of drug-likeness (QED) is 0.406. The summed E-state index contributed by atoms with van der Waals surface area (Å²) in [7, 11) is 0. The van der Waals surface area contributed by atoms with Crippen molar-refractivity contribution in [1.82, 2.24) is 19.6 Å². The third-order valence-corrected chi connectivity index (χ3v) is 6.82. The molecule has 5 rings (SSSR count). The van der Waals surface area contributed by atoms with Crippen LogP contribution >= 0.6 is 22.9 Å². The number of aromatic carboxylic acids is 1. The van der Waals surface area contributed by atoms with E-state index in [1.807, 2.05) is 41.4 Å². The number of carbonyl (C=O) groups is 1. The highest BCUT2D eigenvalue weighted by Gasteiger charge is 2.17. The summed E-state index contributed by atoms with van der Waals surface area (Å²) in [5.41, 5.74) is 1.72. The van der Waals surface area contributed by atoms with E-state index in [1.54, 1.807) is 16.7 Å². The van der Waals surface area contributed by atoms with Crippen molar-refractivity contribution in [2.24, 2.45) is 5.84 Å². The average Bonchev–Trinajstić information content (AvgIpc) is 3.54. The number of aromatic nitrogens is 2. The van der Waals surface area contributed by atoms with Gasteiger partial charge in [0.2, 0.25) is 0 Å². The van der Waals surface area contributed by atoms with Gasteiger partial charge in [-0.05, 0) is 30.8 Å². The smallest absolute Gasteiger partial charge is 0.352 e. The number of carboxylic acids is 1. The number of hydrogen-bond donors (Lipinski definition) is 2. The molecule has 1 fully saturated rings. The fourth-order valence-electron chi connectivity index (χ4n) is 3.75. The summed E-state index contributed by atoms with van der Waals surface area (Å²) in [6.45, 7) is 7.97. The van der Waals surface area contributed by atoms with E-state index >= 15 is 0 Å². The van der Waals surface area contributed by atoms with Gasteiger partial charge in [0.15, 0.2) is 5.76 Å². The molecule has 1 saturated heterocycles. The fraction of sp³-hybridized carbons (Fsp3) is 0.304. The summed E-state index contributed by atoms with van der Waals surface area (Å²) in [4.78, 5) is 14.8. The van der Waals surface area contributed by atoms with Gasteiger partial charge >= 0.3 is 5.97 Å². The largest absolute Gasteiger partial charge is 0.477 e. The van der Waals surface area contributed by atoms with Gasteiger partial charge in [-0.25, -0.2) is 9.80 Å². The summed E-state index contributed by atoms with van der Waals surface area (Å²) >= 11 is 7.34. The molecular weight excluding hydrogens is 462 g/mol. The Morgan fingerprint density at radius 1 is 1.18 bits per heavy atom. The second-order valence-corrected chi connectivity index (χ2v) is 9.45. The van der Waals surface area contributed by atoms with Gasteiger partial charge < -0.3 is 19.1 Å². The van der Waals surface area contributed by atoms with Crippen molar-refractivity contribution < 1.29 is 14.4 Å². The van der Waals surface area contributed by atoms with Gasteiger partial charge in [0.1, 0.15) is 11.4 Å². The molecule has 174 valence electrons. The minimum atomic E-state index is -0.972. The van der Waals surface area contributed by atoms with Crippen molar-refractivity contribution in [3.63, 3.8) is 0 Å². The summed E-state index contributed by atoms with van der Waals surface area (Å²) in [5, 5.41) is 16.3. The first-order valence-corrected chi connectivity index (χ1v) is 11.9. The number of piperazine rings is 1. The number of carboxylic acid groups (broad SMARTS) is 1. The molecule has 3 N–H and O–H groups in total. The SMILES string of the molecule is CCN1CCN(N)CC1.O=C(O)c1cc2ccccc2n1Cc1cc(-c2ccc(Cl)s2)on1. The molecule has 0 atom stereocenters. The molecule has 1 aliphatic heterocycles. The molecule has 4 heterocycles. The third kappa shape index (κ3) is 5.63. The van der Waals surface area contributed by atoms with Gasteiger partial charge in [0, 0.05) is 43.1 Å². The molecule has 1 aromatic carbocycles. The highest BCUT2D eigenvalue weighted by molar-refractivity contribution is 7.19. The molecular formula is C23H26ClN5O3S. The Labute approximate surface area is 200 Å². The molecule has 33 heavy (non-hydrogen) atoms. The van der Waals surface area contributed by atoms with Crippen LogP contribution in [-0.4, -0.2) is 63.4 Å². The van der Waals surface area contributed by atoms with Crippen LogP contribution in [0.3, 0.4) is 0 Å². The number of thiophene rings is 1. The Morgan fingerprint density at radius 2 is 1.94 bits per heavy atom. The topological polar surface area (TPSA) is 101 Å². The number of benzene rings is 1. The molecule has 0 aliphatic carbocycles. The predicted octanol–water partition coefficient (Wildman–Crippen LogP) is 4.26. The molecule has 0 bridgehead atoms. The van der Waals surface area contributed by atoms with Gasteiger partial charge in [-0.1, -0.05) is 41.9 Å². The maximum atomic E-state index is 11.5. The number of rotatable bonds is 5. The molecule has 1 aliphatic rings. The van der Waals surface area contributed by atoms with E-state index in [-0.39, 0.29) is 5.69 Å². The fourth-order valence-corrected chi connectivity index (χ4v) is 4.74. The van der Waals surface area contributed by atoms with Crippen LogP contribution in [0, 0.1) is 0 Å². The highest BCUT2D eigenvalue weighted by atomic mass is 35.5. The maximum absolute atomic E-state index is 11.5. The Kier molecular flexibility index (Phi) is 7.46. The van der Waals surface area contributed by atoms with E-state index in [0.29, 0.717) is 22.3 Å². The standard InChI is InChI=1S/C17H11ClN2O3S.C6H15N3/c18-16-6-5-15(24-16)14-8-11(19-23-14)9-20-12-4-2-1-3-10(12)7-13(20)17(21)22;1-2-8-3-5-9(7)6-4-8/h1-8H,9H2,(H,21,22);2-7H2,1H3. The van der Waals surface area contributed by atoms with Crippen LogP contribution in [0.5, 0.6) is 0 Å². The monoisotopic (exact) mass is 487 g/mol. The summed E-state index contributed by atoms with van der Waals surface area (Å²) in [5.74, 6) is 5.21. The van der Waals surface area contributed by atoms with Crippen LogP contribution in [-0.2, 0) is 6.54 Å². The highest BCUT2D eigenvalue weighted by Crippen LogP contribution is 2.31. The van der Waals surface area contributed by atoms with Crippen molar-refractivity contribution >= 4 is 39.8 Å². The molecule has 8 nitrogen and oxygen atoms in total. The van der Waals surface area contributed by atoms with Crippen molar-refractivity contribution in [3.8, 4) is 10.6 Å². The van der Waals surface area contributed by atoms with E-state index in [1.165, 1.54) is 11.3 Å². The van der Waals surface area contributed by atoms with E-state index in [4.69, 9.17) is 22.0 Å². The molecule has 0 radical (unpaired) electrons. The normalized spacial score (nSPS) is 14.9. The zero-order chi connectivity index (χ0) is 23.4. The van der Waals surface area contributed by atoms with E-state index < -0.39 is 5.97 Å².